The number of nitrogens with one attached hydrogen (secondary N) is 1. The van der Waals surface area contributed by atoms with Crippen molar-refractivity contribution in [3.8, 4) is 0 Å². The molecule has 3 nitrogen and oxygen atoms in total. The maximum absolute atomic E-state index is 10.6. The van der Waals surface area contributed by atoms with Crippen LogP contribution in [0.3, 0.4) is 0 Å². The van der Waals surface area contributed by atoms with Gasteiger partial charge < -0.3 is 10.4 Å². The van der Waals surface area contributed by atoms with Crippen LogP contribution in [0.2, 0.25) is 0 Å². The predicted molar refractivity (Wildman–Crippen MR) is 66.1 cm³/mol. The fraction of sp³-hybridized carbons (Fsp3) is 0.727. The molecule has 0 aliphatic heterocycles. The SMILES string of the molecule is C=C(O)CSCC([C]=O)NCCCCC. The minimum Gasteiger partial charge on any atom is -0.512 e. The second-order valence-corrected chi connectivity index (χ2v) is 4.44. The van der Waals surface area contributed by atoms with Crippen molar-refractivity contribution in [3.05, 3.63) is 12.3 Å². The molecule has 0 aliphatic carbocycles. The molecule has 1 radical (unpaired) electrons. The Morgan fingerprint density at radius 1 is 1.60 bits per heavy atom. The standard InChI is InChI=1S/C11H20NO2S/c1-3-4-5-6-12-11(7-13)9-15-8-10(2)14/h11-12,14H,2-6,8-9H2,1H3. The van der Waals surface area contributed by atoms with Crippen molar-refractivity contribution in [1.29, 1.82) is 0 Å². The van der Waals surface area contributed by atoms with Gasteiger partial charge in [-0.2, -0.15) is 11.8 Å². The second kappa shape index (κ2) is 10.1. The highest BCUT2D eigenvalue weighted by Gasteiger charge is 2.07. The van der Waals surface area contributed by atoms with Gasteiger partial charge in [0, 0.05) is 5.75 Å². The van der Waals surface area contributed by atoms with E-state index < -0.39 is 0 Å². The van der Waals surface area contributed by atoms with E-state index in [2.05, 4.69) is 18.8 Å². The van der Waals surface area contributed by atoms with Gasteiger partial charge in [-0.1, -0.05) is 26.3 Å². The Balaban J connectivity index is 3.46. The average molecular weight is 230 g/mol. The van der Waals surface area contributed by atoms with E-state index in [-0.39, 0.29) is 11.8 Å². The number of unbranched alkanes of at least 4 members (excludes halogenated alkanes) is 2. The van der Waals surface area contributed by atoms with Crippen LogP contribution in [-0.4, -0.2) is 35.5 Å². The first-order chi connectivity index (χ1) is 7.20. The quantitative estimate of drug-likeness (QED) is 0.445. The lowest BCUT2D eigenvalue weighted by molar-refractivity contribution is 0.420. The summed E-state index contributed by atoms with van der Waals surface area (Å²) in [5.74, 6) is 1.26. The molecular weight excluding hydrogens is 210 g/mol. The van der Waals surface area contributed by atoms with Crippen molar-refractivity contribution in [2.45, 2.75) is 32.2 Å². The smallest absolute Gasteiger partial charge is 0.217 e. The molecule has 2 N–H and O–H groups in total. The van der Waals surface area contributed by atoms with Crippen LogP contribution in [0.25, 0.3) is 0 Å². The Morgan fingerprint density at radius 3 is 2.87 bits per heavy atom. The molecule has 0 spiro atoms. The molecule has 0 saturated carbocycles. The van der Waals surface area contributed by atoms with Crippen LogP contribution in [0.4, 0.5) is 0 Å². The van der Waals surface area contributed by atoms with E-state index in [1.807, 2.05) is 6.29 Å². The molecule has 0 aliphatic rings. The van der Waals surface area contributed by atoms with Crippen LogP contribution in [-0.2, 0) is 4.79 Å². The first-order valence-electron chi connectivity index (χ1n) is 5.26. The van der Waals surface area contributed by atoms with Gasteiger partial charge in [-0.25, -0.2) is 0 Å². The van der Waals surface area contributed by atoms with Gasteiger partial charge in [0.2, 0.25) is 6.29 Å². The van der Waals surface area contributed by atoms with Gasteiger partial charge >= 0.3 is 0 Å². The van der Waals surface area contributed by atoms with Crippen molar-refractivity contribution in [2.24, 2.45) is 0 Å². The lowest BCUT2D eigenvalue weighted by Gasteiger charge is -2.10. The fourth-order valence-electron chi connectivity index (χ4n) is 1.08. The van der Waals surface area contributed by atoms with Gasteiger partial charge in [0.1, 0.15) is 0 Å². The number of carbonyl (C=O) groups excluding carboxylic acids is 1. The van der Waals surface area contributed by atoms with E-state index >= 15 is 0 Å². The number of thioether (sulfide) groups is 1. The lowest BCUT2D eigenvalue weighted by Crippen LogP contribution is -2.33. The molecule has 1 unspecified atom stereocenters. The van der Waals surface area contributed by atoms with Gasteiger partial charge in [-0.15, -0.1) is 0 Å². The van der Waals surface area contributed by atoms with E-state index in [0.717, 1.165) is 13.0 Å². The van der Waals surface area contributed by atoms with Crippen molar-refractivity contribution >= 4 is 18.0 Å². The molecule has 0 heterocycles. The third kappa shape index (κ3) is 9.82. The number of rotatable bonds is 10. The summed E-state index contributed by atoms with van der Waals surface area (Å²) in [4.78, 5) is 10.6. The molecule has 1 atom stereocenters. The second-order valence-electron chi connectivity index (χ2n) is 3.41. The first kappa shape index (κ1) is 14.5. The highest BCUT2D eigenvalue weighted by atomic mass is 32.2. The molecular formula is C11H20NO2S. The highest BCUT2D eigenvalue weighted by Crippen LogP contribution is 2.05. The minimum absolute atomic E-state index is 0.149. The topological polar surface area (TPSA) is 49.3 Å². The Hall–Kier alpha value is -0.480. The van der Waals surface area contributed by atoms with Crippen molar-refractivity contribution in [1.82, 2.24) is 5.32 Å². The third-order valence-corrected chi connectivity index (χ3v) is 2.97. The minimum atomic E-state index is -0.230. The zero-order valence-corrected chi connectivity index (χ0v) is 10.1. The van der Waals surface area contributed by atoms with E-state index in [1.54, 1.807) is 0 Å². The molecule has 15 heavy (non-hydrogen) atoms. The maximum atomic E-state index is 10.6. The largest absolute Gasteiger partial charge is 0.512 e. The van der Waals surface area contributed by atoms with Crippen LogP contribution < -0.4 is 5.32 Å². The summed E-state index contributed by atoms with van der Waals surface area (Å²) < 4.78 is 0. The molecule has 0 aromatic carbocycles. The van der Waals surface area contributed by atoms with Crippen LogP contribution in [0.15, 0.2) is 12.3 Å². The summed E-state index contributed by atoms with van der Waals surface area (Å²) in [5.41, 5.74) is 0. The Morgan fingerprint density at radius 2 is 2.33 bits per heavy atom. The third-order valence-electron chi connectivity index (χ3n) is 1.87. The van der Waals surface area contributed by atoms with Crippen molar-refractivity contribution in [3.63, 3.8) is 0 Å². The first-order valence-corrected chi connectivity index (χ1v) is 6.41. The van der Waals surface area contributed by atoms with Crippen molar-refractivity contribution < 1.29 is 9.90 Å². The molecule has 0 rings (SSSR count). The fourth-order valence-corrected chi connectivity index (χ4v) is 1.86. The molecule has 0 amide bonds. The van der Waals surface area contributed by atoms with Crippen LogP contribution in [0.1, 0.15) is 26.2 Å². The highest BCUT2D eigenvalue weighted by molar-refractivity contribution is 7.99. The number of hydrogen-bond donors (Lipinski definition) is 2. The Bertz CT molecular complexity index is 185. The predicted octanol–water partition coefficient (Wildman–Crippen LogP) is 2.05. The van der Waals surface area contributed by atoms with Crippen LogP contribution in [0.5, 0.6) is 0 Å². The Kier molecular flexibility index (Phi) is 9.73. The van der Waals surface area contributed by atoms with Gasteiger partial charge in [-0.3, -0.25) is 4.79 Å². The molecule has 0 fully saturated rings. The molecule has 0 saturated heterocycles. The van der Waals surface area contributed by atoms with E-state index in [1.165, 1.54) is 24.6 Å². The molecule has 87 valence electrons. The van der Waals surface area contributed by atoms with Crippen LogP contribution >= 0.6 is 11.8 Å². The maximum Gasteiger partial charge on any atom is 0.217 e. The zero-order chi connectivity index (χ0) is 11.5. The van der Waals surface area contributed by atoms with E-state index in [4.69, 9.17) is 5.11 Å². The van der Waals surface area contributed by atoms with Gasteiger partial charge in [0.25, 0.3) is 0 Å². The molecule has 4 heteroatoms. The summed E-state index contributed by atoms with van der Waals surface area (Å²) in [6.45, 7) is 6.38. The Labute approximate surface area is 96.3 Å². The van der Waals surface area contributed by atoms with E-state index in [9.17, 15) is 4.79 Å². The monoisotopic (exact) mass is 230 g/mol. The molecule has 0 bridgehead atoms. The summed E-state index contributed by atoms with van der Waals surface area (Å²) in [6.07, 6.45) is 5.41. The molecule has 0 aromatic rings. The average Bonchev–Trinajstić information content (AvgIpc) is 2.21. The summed E-state index contributed by atoms with van der Waals surface area (Å²) in [5, 5.41) is 12.0. The van der Waals surface area contributed by atoms with Crippen molar-refractivity contribution in [2.75, 3.05) is 18.1 Å². The zero-order valence-electron chi connectivity index (χ0n) is 9.29. The lowest BCUT2D eigenvalue weighted by atomic mass is 10.2. The summed E-state index contributed by atoms with van der Waals surface area (Å²) in [6, 6.07) is -0.230. The number of aliphatic hydroxyl groups excluding tert-OH is 1. The summed E-state index contributed by atoms with van der Waals surface area (Å²) in [7, 11) is 0. The normalized spacial score (nSPS) is 12.3. The number of aliphatic hydroxyl groups is 1. The summed E-state index contributed by atoms with van der Waals surface area (Å²) >= 11 is 1.48. The van der Waals surface area contributed by atoms with Gasteiger partial charge in [0.05, 0.1) is 17.6 Å². The molecule has 0 aromatic heterocycles. The van der Waals surface area contributed by atoms with Gasteiger partial charge in [-0.05, 0) is 13.0 Å². The number of hydrogen-bond acceptors (Lipinski definition) is 4. The van der Waals surface area contributed by atoms with E-state index in [0.29, 0.717) is 11.5 Å². The van der Waals surface area contributed by atoms with Gasteiger partial charge in [0.15, 0.2) is 0 Å². The van der Waals surface area contributed by atoms with Crippen LogP contribution in [0, 0.1) is 0 Å².